The summed E-state index contributed by atoms with van der Waals surface area (Å²) in [5, 5.41) is 0.913. The Hall–Kier alpha value is -2.62. The number of aryl methyl sites for hydroxylation is 1. The maximum absolute atomic E-state index is 12.5. The van der Waals surface area contributed by atoms with Gasteiger partial charge in [0.2, 0.25) is 11.7 Å². The van der Waals surface area contributed by atoms with Crippen LogP contribution in [0.5, 0.6) is 5.88 Å². The lowest BCUT2D eigenvalue weighted by Crippen LogP contribution is -2.03. The summed E-state index contributed by atoms with van der Waals surface area (Å²) in [5.74, 6) is 0.356. The van der Waals surface area contributed by atoms with E-state index in [0.29, 0.717) is 17.0 Å². The quantitative estimate of drug-likeness (QED) is 0.683. The number of nitrogens with zero attached hydrogens (tertiary/aromatic N) is 1. The summed E-state index contributed by atoms with van der Waals surface area (Å²) in [7, 11) is 1.49. The third-order valence-electron chi connectivity index (χ3n) is 3.10. The van der Waals surface area contributed by atoms with Crippen molar-refractivity contribution in [1.29, 1.82) is 0 Å². The molecular formula is C16H13NO3. The van der Waals surface area contributed by atoms with Crippen molar-refractivity contribution in [2.75, 3.05) is 7.11 Å². The van der Waals surface area contributed by atoms with Gasteiger partial charge in [0.25, 0.3) is 0 Å². The van der Waals surface area contributed by atoms with Crippen molar-refractivity contribution in [2.45, 2.75) is 6.92 Å². The molecule has 3 rings (SSSR count). The zero-order valence-corrected chi connectivity index (χ0v) is 11.2. The van der Waals surface area contributed by atoms with Crippen LogP contribution in [-0.2, 0) is 0 Å². The standard InChI is InChI=1S/C16H13NO3/c1-10-5-6-13-11(8-10)9-14(20-13)15(18)12-4-3-7-17-16(12)19-2/h3-9H,1-2H3. The highest BCUT2D eigenvalue weighted by molar-refractivity contribution is 6.10. The van der Waals surface area contributed by atoms with Gasteiger partial charge >= 0.3 is 0 Å². The maximum atomic E-state index is 12.5. The van der Waals surface area contributed by atoms with Crippen molar-refractivity contribution >= 4 is 16.8 Å². The normalized spacial score (nSPS) is 10.7. The first kappa shape index (κ1) is 12.4. The fourth-order valence-corrected chi connectivity index (χ4v) is 2.13. The molecule has 1 aromatic carbocycles. The van der Waals surface area contributed by atoms with Gasteiger partial charge in [0.15, 0.2) is 5.76 Å². The van der Waals surface area contributed by atoms with Gasteiger partial charge in [-0.15, -0.1) is 0 Å². The number of carbonyl (C=O) groups excluding carboxylic acids is 1. The first-order valence-electron chi connectivity index (χ1n) is 6.23. The minimum atomic E-state index is -0.233. The zero-order chi connectivity index (χ0) is 14.1. The first-order valence-corrected chi connectivity index (χ1v) is 6.23. The molecule has 100 valence electrons. The minimum absolute atomic E-state index is 0.233. The number of methoxy groups -OCH3 is 1. The molecule has 4 nitrogen and oxygen atoms in total. The molecule has 0 saturated carbocycles. The van der Waals surface area contributed by atoms with E-state index in [-0.39, 0.29) is 11.5 Å². The van der Waals surface area contributed by atoms with Crippen LogP contribution in [0.4, 0.5) is 0 Å². The highest BCUT2D eigenvalue weighted by Gasteiger charge is 2.19. The molecule has 0 radical (unpaired) electrons. The molecule has 0 aliphatic rings. The number of rotatable bonds is 3. The number of benzene rings is 1. The molecule has 0 saturated heterocycles. The molecule has 0 atom stereocenters. The number of aromatic nitrogens is 1. The van der Waals surface area contributed by atoms with E-state index in [2.05, 4.69) is 4.98 Å². The van der Waals surface area contributed by atoms with Crippen LogP contribution in [0, 0.1) is 6.92 Å². The monoisotopic (exact) mass is 267 g/mol. The topological polar surface area (TPSA) is 52.3 Å². The van der Waals surface area contributed by atoms with E-state index in [1.165, 1.54) is 7.11 Å². The van der Waals surface area contributed by atoms with Crippen molar-refractivity contribution in [3.63, 3.8) is 0 Å². The predicted molar refractivity (Wildman–Crippen MR) is 75.2 cm³/mol. The van der Waals surface area contributed by atoms with Crippen LogP contribution in [0.1, 0.15) is 21.7 Å². The number of ether oxygens (including phenoxy) is 1. The SMILES string of the molecule is COc1ncccc1C(=O)c1cc2cc(C)ccc2o1. The molecule has 20 heavy (non-hydrogen) atoms. The Balaban J connectivity index is 2.08. The average molecular weight is 267 g/mol. The van der Waals surface area contributed by atoms with Gasteiger partial charge in [0, 0.05) is 11.6 Å². The van der Waals surface area contributed by atoms with Crippen LogP contribution < -0.4 is 4.74 Å². The average Bonchev–Trinajstić information content (AvgIpc) is 2.89. The number of hydrogen-bond donors (Lipinski definition) is 0. The number of pyridine rings is 1. The predicted octanol–water partition coefficient (Wildman–Crippen LogP) is 3.38. The Kier molecular flexibility index (Phi) is 2.99. The third kappa shape index (κ3) is 2.05. The molecule has 0 fully saturated rings. The first-order chi connectivity index (χ1) is 9.69. The van der Waals surface area contributed by atoms with Gasteiger partial charge in [-0.1, -0.05) is 11.6 Å². The van der Waals surface area contributed by atoms with E-state index in [1.807, 2.05) is 25.1 Å². The molecule has 0 unspecified atom stereocenters. The summed E-state index contributed by atoms with van der Waals surface area (Å²) in [5.41, 5.74) is 2.21. The summed E-state index contributed by atoms with van der Waals surface area (Å²) in [6, 6.07) is 10.9. The third-order valence-corrected chi connectivity index (χ3v) is 3.10. The van der Waals surface area contributed by atoms with Gasteiger partial charge in [-0.3, -0.25) is 4.79 Å². The van der Waals surface area contributed by atoms with Crippen LogP contribution in [0.2, 0.25) is 0 Å². The second-order valence-corrected chi connectivity index (χ2v) is 4.54. The molecule has 4 heteroatoms. The fraction of sp³-hybridized carbons (Fsp3) is 0.125. The molecule has 3 aromatic rings. The van der Waals surface area contributed by atoms with Crippen LogP contribution in [0.15, 0.2) is 47.0 Å². The van der Waals surface area contributed by atoms with E-state index in [9.17, 15) is 4.79 Å². The van der Waals surface area contributed by atoms with Crippen LogP contribution in [-0.4, -0.2) is 17.9 Å². The Bertz CT molecular complexity index is 789. The molecule has 2 aromatic heterocycles. The summed E-state index contributed by atoms with van der Waals surface area (Å²) >= 11 is 0. The Morgan fingerprint density at radius 1 is 1.25 bits per heavy atom. The molecule has 0 spiro atoms. The minimum Gasteiger partial charge on any atom is -0.480 e. The molecule has 0 aliphatic heterocycles. The molecule has 0 aliphatic carbocycles. The largest absolute Gasteiger partial charge is 0.480 e. The van der Waals surface area contributed by atoms with Gasteiger partial charge in [0.05, 0.1) is 12.7 Å². The van der Waals surface area contributed by atoms with Gasteiger partial charge in [-0.25, -0.2) is 4.98 Å². The lowest BCUT2D eigenvalue weighted by atomic mass is 10.1. The Morgan fingerprint density at radius 2 is 2.10 bits per heavy atom. The summed E-state index contributed by atoms with van der Waals surface area (Å²) in [6.45, 7) is 2.00. The van der Waals surface area contributed by atoms with Crippen molar-refractivity contribution in [1.82, 2.24) is 4.98 Å². The zero-order valence-electron chi connectivity index (χ0n) is 11.2. The van der Waals surface area contributed by atoms with Crippen molar-refractivity contribution in [3.8, 4) is 5.88 Å². The summed E-state index contributed by atoms with van der Waals surface area (Å²) in [4.78, 5) is 16.5. The maximum Gasteiger partial charge on any atom is 0.233 e. The second kappa shape index (κ2) is 4.81. The molecule has 0 amide bonds. The molecule has 2 heterocycles. The number of carbonyl (C=O) groups is 1. The number of fused-ring (bicyclic) bond motifs is 1. The van der Waals surface area contributed by atoms with Gasteiger partial charge < -0.3 is 9.15 Å². The lowest BCUT2D eigenvalue weighted by Gasteiger charge is -2.03. The lowest BCUT2D eigenvalue weighted by molar-refractivity contribution is 0.101. The summed E-state index contributed by atoms with van der Waals surface area (Å²) in [6.07, 6.45) is 1.58. The van der Waals surface area contributed by atoms with Gasteiger partial charge in [-0.2, -0.15) is 0 Å². The van der Waals surface area contributed by atoms with Crippen LogP contribution in [0.25, 0.3) is 11.0 Å². The second-order valence-electron chi connectivity index (χ2n) is 4.54. The van der Waals surface area contributed by atoms with Crippen molar-refractivity contribution in [3.05, 3.63) is 59.5 Å². The molecule has 0 bridgehead atoms. The fourth-order valence-electron chi connectivity index (χ4n) is 2.13. The van der Waals surface area contributed by atoms with E-state index in [1.54, 1.807) is 24.4 Å². The van der Waals surface area contributed by atoms with Crippen molar-refractivity contribution in [2.24, 2.45) is 0 Å². The number of furan rings is 1. The molecule has 0 N–H and O–H groups in total. The van der Waals surface area contributed by atoms with E-state index in [4.69, 9.17) is 9.15 Å². The Labute approximate surface area is 116 Å². The van der Waals surface area contributed by atoms with Gasteiger partial charge in [-0.05, 0) is 37.3 Å². The van der Waals surface area contributed by atoms with E-state index >= 15 is 0 Å². The van der Waals surface area contributed by atoms with Gasteiger partial charge in [0.1, 0.15) is 5.58 Å². The highest BCUT2D eigenvalue weighted by Crippen LogP contribution is 2.25. The van der Waals surface area contributed by atoms with E-state index < -0.39 is 0 Å². The Morgan fingerprint density at radius 3 is 2.90 bits per heavy atom. The smallest absolute Gasteiger partial charge is 0.233 e. The highest BCUT2D eigenvalue weighted by atomic mass is 16.5. The van der Waals surface area contributed by atoms with Crippen molar-refractivity contribution < 1.29 is 13.9 Å². The van der Waals surface area contributed by atoms with Crippen LogP contribution in [0.3, 0.4) is 0 Å². The van der Waals surface area contributed by atoms with Crippen LogP contribution >= 0.6 is 0 Å². The summed E-state index contributed by atoms with van der Waals surface area (Å²) < 4.78 is 10.7. The number of hydrogen-bond acceptors (Lipinski definition) is 4. The molecular weight excluding hydrogens is 254 g/mol. The number of ketones is 1. The van der Waals surface area contributed by atoms with E-state index in [0.717, 1.165) is 10.9 Å².